The largest absolute Gasteiger partial charge is 0.493 e. The van der Waals surface area contributed by atoms with Gasteiger partial charge < -0.3 is 14.8 Å². The van der Waals surface area contributed by atoms with Crippen molar-refractivity contribution in [3.8, 4) is 11.5 Å². The van der Waals surface area contributed by atoms with Crippen molar-refractivity contribution >= 4 is 11.6 Å². The van der Waals surface area contributed by atoms with E-state index in [9.17, 15) is 0 Å². The van der Waals surface area contributed by atoms with Crippen LogP contribution in [0.4, 0.5) is 0 Å². The maximum absolute atomic E-state index is 6.53. The summed E-state index contributed by atoms with van der Waals surface area (Å²) in [6.45, 7) is 3.36. The standard InChI is InChI=1S/C23H30ClNO2/c1-17-9-7-8-10-19(17)16-27-23-21(24)13-18(14-22(23)26-2)15-25-20-11-5-3-4-6-12-20/h7-10,13-14,20,25H,3-6,11-12,15-16H2,1-2H3. The fourth-order valence-electron chi connectivity index (χ4n) is 3.68. The molecule has 3 nitrogen and oxygen atoms in total. The van der Waals surface area contributed by atoms with Crippen LogP contribution in [0.25, 0.3) is 0 Å². The van der Waals surface area contributed by atoms with Crippen molar-refractivity contribution in [3.05, 3.63) is 58.1 Å². The first-order valence-electron chi connectivity index (χ1n) is 9.94. The van der Waals surface area contributed by atoms with Crippen LogP contribution >= 0.6 is 11.6 Å². The van der Waals surface area contributed by atoms with E-state index in [0.29, 0.717) is 29.2 Å². The van der Waals surface area contributed by atoms with Gasteiger partial charge in [0.15, 0.2) is 11.5 Å². The molecule has 0 aliphatic heterocycles. The first kappa shape index (κ1) is 20.0. The molecule has 0 heterocycles. The Morgan fingerprint density at radius 3 is 2.52 bits per heavy atom. The molecule has 0 amide bonds. The zero-order valence-corrected chi connectivity index (χ0v) is 17.1. The number of nitrogens with one attached hydrogen (secondary N) is 1. The molecule has 0 spiro atoms. The summed E-state index contributed by atoms with van der Waals surface area (Å²) in [6, 6.07) is 12.8. The molecule has 4 heteroatoms. The normalized spacial score (nSPS) is 15.4. The molecule has 0 atom stereocenters. The van der Waals surface area contributed by atoms with Crippen LogP contribution in [0.5, 0.6) is 11.5 Å². The van der Waals surface area contributed by atoms with E-state index in [-0.39, 0.29) is 0 Å². The van der Waals surface area contributed by atoms with Gasteiger partial charge in [-0.2, -0.15) is 0 Å². The van der Waals surface area contributed by atoms with Crippen LogP contribution < -0.4 is 14.8 Å². The molecule has 0 aromatic heterocycles. The van der Waals surface area contributed by atoms with Crippen LogP contribution in [0.2, 0.25) is 5.02 Å². The van der Waals surface area contributed by atoms with E-state index in [1.807, 2.05) is 24.3 Å². The summed E-state index contributed by atoms with van der Waals surface area (Å²) < 4.78 is 11.6. The number of benzene rings is 2. The predicted octanol–water partition coefficient (Wildman–Crippen LogP) is 6.05. The Bertz CT molecular complexity index is 739. The lowest BCUT2D eigenvalue weighted by Crippen LogP contribution is -2.27. The van der Waals surface area contributed by atoms with Gasteiger partial charge in [-0.05, 0) is 48.6 Å². The quantitative estimate of drug-likeness (QED) is 0.586. The molecule has 1 aliphatic rings. The van der Waals surface area contributed by atoms with Crippen molar-refractivity contribution in [1.82, 2.24) is 5.32 Å². The number of ether oxygens (including phenoxy) is 2. The fraction of sp³-hybridized carbons (Fsp3) is 0.478. The molecule has 0 radical (unpaired) electrons. The van der Waals surface area contributed by atoms with E-state index in [2.05, 4.69) is 24.4 Å². The van der Waals surface area contributed by atoms with Gasteiger partial charge in [0.2, 0.25) is 0 Å². The van der Waals surface area contributed by atoms with E-state index >= 15 is 0 Å². The lowest BCUT2D eigenvalue weighted by molar-refractivity contribution is 0.284. The van der Waals surface area contributed by atoms with Crippen molar-refractivity contribution in [3.63, 3.8) is 0 Å². The average Bonchev–Trinajstić information content (AvgIpc) is 2.95. The van der Waals surface area contributed by atoms with Crippen LogP contribution in [-0.4, -0.2) is 13.2 Å². The summed E-state index contributed by atoms with van der Waals surface area (Å²) in [5.41, 5.74) is 3.48. The highest BCUT2D eigenvalue weighted by Crippen LogP contribution is 2.37. The molecule has 1 N–H and O–H groups in total. The second-order valence-corrected chi connectivity index (χ2v) is 7.80. The summed E-state index contributed by atoms with van der Waals surface area (Å²) in [7, 11) is 1.66. The molecular formula is C23H30ClNO2. The molecule has 1 saturated carbocycles. The van der Waals surface area contributed by atoms with Crippen molar-refractivity contribution in [1.29, 1.82) is 0 Å². The number of aryl methyl sites for hydroxylation is 1. The average molecular weight is 388 g/mol. The molecule has 0 bridgehead atoms. The zero-order valence-electron chi connectivity index (χ0n) is 16.4. The molecule has 146 valence electrons. The molecule has 0 unspecified atom stereocenters. The summed E-state index contributed by atoms with van der Waals surface area (Å²) in [6.07, 6.45) is 7.92. The van der Waals surface area contributed by atoms with Gasteiger partial charge in [-0.1, -0.05) is 61.5 Å². The second kappa shape index (κ2) is 10.0. The lowest BCUT2D eigenvalue weighted by atomic mass is 10.1. The number of hydrogen-bond donors (Lipinski definition) is 1. The van der Waals surface area contributed by atoms with Crippen LogP contribution in [0, 0.1) is 6.92 Å². The van der Waals surface area contributed by atoms with E-state index in [4.69, 9.17) is 21.1 Å². The first-order valence-corrected chi connectivity index (χ1v) is 10.3. The Kier molecular flexibility index (Phi) is 7.42. The third-order valence-electron chi connectivity index (χ3n) is 5.37. The van der Waals surface area contributed by atoms with Crippen molar-refractivity contribution < 1.29 is 9.47 Å². The monoisotopic (exact) mass is 387 g/mol. The minimum atomic E-state index is 0.475. The lowest BCUT2D eigenvalue weighted by Gasteiger charge is -2.18. The van der Waals surface area contributed by atoms with E-state index in [1.165, 1.54) is 44.1 Å². The number of methoxy groups -OCH3 is 1. The van der Waals surface area contributed by atoms with Gasteiger partial charge in [0, 0.05) is 12.6 Å². The van der Waals surface area contributed by atoms with Gasteiger partial charge in [0.1, 0.15) is 6.61 Å². The minimum absolute atomic E-state index is 0.475. The topological polar surface area (TPSA) is 30.5 Å². The third kappa shape index (κ3) is 5.63. The molecule has 3 rings (SSSR count). The Balaban J connectivity index is 1.66. The van der Waals surface area contributed by atoms with Crippen molar-refractivity contribution in [2.75, 3.05) is 7.11 Å². The van der Waals surface area contributed by atoms with Gasteiger partial charge in [-0.25, -0.2) is 0 Å². The van der Waals surface area contributed by atoms with Crippen LogP contribution in [0.3, 0.4) is 0 Å². The second-order valence-electron chi connectivity index (χ2n) is 7.39. The van der Waals surface area contributed by atoms with Gasteiger partial charge in [-0.15, -0.1) is 0 Å². The zero-order chi connectivity index (χ0) is 19.1. The number of hydrogen-bond acceptors (Lipinski definition) is 3. The fourth-order valence-corrected chi connectivity index (χ4v) is 3.97. The molecule has 1 aliphatic carbocycles. The summed E-state index contributed by atoms with van der Waals surface area (Å²) >= 11 is 6.53. The van der Waals surface area contributed by atoms with E-state index in [1.54, 1.807) is 7.11 Å². The molecule has 1 fully saturated rings. The highest BCUT2D eigenvalue weighted by atomic mass is 35.5. The van der Waals surface area contributed by atoms with Crippen LogP contribution in [0.15, 0.2) is 36.4 Å². The summed E-state index contributed by atoms with van der Waals surface area (Å²) in [5, 5.41) is 4.28. The molecular weight excluding hydrogens is 358 g/mol. The van der Waals surface area contributed by atoms with Crippen LogP contribution in [-0.2, 0) is 13.2 Å². The van der Waals surface area contributed by atoms with Crippen LogP contribution in [0.1, 0.15) is 55.2 Å². The maximum Gasteiger partial charge on any atom is 0.180 e. The Morgan fingerprint density at radius 2 is 1.81 bits per heavy atom. The smallest absolute Gasteiger partial charge is 0.180 e. The maximum atomic E-state index is 6.53. The highest BCUT2D eigenvalue weighted by molar-refractivity contribution is 6.32. The molecule has 2 aromatic rings. The molecule has 27 heavy (non-hydrogen) atoms. The Labute approximate surface area is 168 Å². The summed E-state index contributed by atoms with van der Waals surface area (Å²) in [4.78, 5) is 0. The predicted molar refractivity (Wildman–Crippen MR) is 112 cm³/mol. The minimum Gasteiger partial charge on any atom is -0.493 e. The Morgan fingerprint density at radius 1 is 1.07 bits per heavy atom. The van der Waals surface area contributed by atoms with Crippen molar-refractivity contribution in [2.24, 2.45) is 0 Å². The SMILES string of the molecule is COc1cc(CNC2CCCCCC2)cc(Cl)c1OCc1ccccc1C. The summed E-state index contributed by atoms with van der Waals surface area (Å²) in [5.74, 6) is 1.30. The van der Waals surface area contributed by atoms with Crippen molar-refractivity contribution in [2.45, 2.75) is 64.6 Å². The van der Waals surface area contributed by atoms with Gasteiger partial charge in [0.05, 0.1) is 12.1 Å². The highest BCUT2D eigenvalue weighted by Gasteiger charge is 2.15. The first-order chi connectivity index (χ1) is 13.2. The number of rotatable bonds is 7. The van der Waals surface area contributed by atoms with E-state index in [0.717, 1.165) is 17.7 Å². The van der Waals surface area contributed by atoms with E-state index < -0.39 is 0 Å². The molecule has 2 aromatic carbocycles. The van der Waals surface area contributed by atoms with Gasteiger partial charge in [0.25, 0.3) is 0 Å². The molecule has 0 saturated heterocycles. The number of halogens is 1. The van der Waals surface area contributed by atoms with Gasteiger partial charge in [-0.3, -0.25) is 0 Å². The third-order valence-corrected chi connectivity index (χ3v) is 5.65. The Hall–Kier alpha value is -1.71. The van der Waals surface area contributed by atoms with Gasteiger partial charge >= 0.3 is 0 Å².